The van der Waals surface area contributed by atoms with Crippen molar-refractivity contribution in [3.63, 3.8) is 0 Å². The summed E-state index contributed by atoms with van der Waals surface area (Å²) >= 11 is 1.82. The zero-order valence-electron chi connectivity index (χ0n) is 9.08. The Morgan fingerprint density at radius 3 is 2.71 bits per heavy atom. The minimum Gasteiger partial charge on any atom is -0.307 e. The third-order valence-electron chi connectivity index (χ3n) is 2.49. The average molecular weight is 210 g/mol. The van der Waals surface area contributed by atoms with E-state index >= 15 is 0 Å². The lowest BCUT2D eigenvalue weighted by molar-refractivity contribution is 0.498. The summed E-state index contributed by atoms with van der Waals surface area (Å²) < 4.78 is 0. The largest absolute Gasteiger partial charge is 0.307 e. The lowest BCUT2D eigenvalue weighted by Gasteiger charge is -2.14. The van der Waals surface area contributed by atoms with Crippen LogP contribution in [0.3, 0.4) is 0 Å². The lowest BCUT2D eigenvalue weighted by atomic mass is 10.2. The van der Waals surface area contributed by atoms with E-state index in [0.717, 1.165) is 5.92 Å². The molecule has 1 heterocycles. The van der Waals surface area contributed by atoms with Gasteiger partial charge in [0.1, 0.15) is 0 Å². The molecule has 78 valence electrons. The van der Waals surface area contributed by atoms with Crippen LogP contribution >= 0.6 is 11.3 Å². The van der Waals surface area contributed by atoms with Crippen LogP contribution in [0, 0.1) is 0 Å². The number of nitrogens with zero attached hydrogens (tertiary/aromatic N) is 1. The molecule has 1 fully saturated rings. The number of hydrogen-bond acceptors (Lipinski definition) is 3. The molecule has 3 heteroatoms. The predicted molar refractivity (Wildman–Crippen MR) is 60.8 cm³/mol. The number of rotatable bonds is 4. The molecule has 2 nitrogen and oxygen atoms in total. The molecule has 1 saturated carbocycles. The normalized spacial score (nSPS) is 18.9. The highest BCUT2D eigenvalue weighted by molar-refractivity contribution is 7.09. The third kappa shape index (κ3) is 2.34. The Kier molecular flexibility index (Phi) is 2.88. The summed E-state index contributed by atoms with van der Waals surface area (Å²) in [7, 11) is 0. The molecule has 0 spiro atoms. The van der Waals surface area contributed by atoms with Crippen LogP contribution in [-0.4, -0.2) is 11.0 Å². The van der Waals surface area contributed by atoms with E-state index in [1.807, 2.05) is 11.3 Å². The van der Waals surface area contributed by atoms with Crippen molar-refractivity contribution in [1.82, 2.24) is 10.3 Å². The minimum absolute atomic E-state index is 0.388. The fourth-order valence-electron chi connectivity index (χ4n) is 1.60. The molecule has 1 atom stereocenters. The summed E-state index contributed by atoms with van der Waals surface area (Å²) in [4.78, 5) is 4.68. The molecular formula is C11H18N2S. The minimum atomic E-state index is 0.388. The summed E-state index contributed by atoms with van der Waals surface area (Å²) in [5.74, 6) is 0.792. The van der Waals surface area contributed by atoms with E-state index in [-0.39, 0.29) is 0 Å². The van der Waals surface area contributed by atoms with E-state index in [1.165, 1.54) is 23.5 Å². The van der Waals surface area contributed by atoms with Gasteiger partial charge in [-0.1, -0.05) is 13.8 Å². The predicted octanol–water partition coefficient (Wildman–Crippen LogP) is 3.08. The van der Waals surface area contributed by atoms with Crippen LogP contribution in [0.2, 0.25) is 0 Å². The van der Waals surface area contributed by atoms with Crippen molar-refractivity contribution in [3.05, 3.63) is 16.1 Å². The summed E-state index contributed by atoms with van der Waals surface area (Å²) in [6, 6.07) is 0.912. The van der Waals surface area contributed by atoms with Crippen molar-refractivity contribution in [2.24, 2.45) is 0 Å². The van der Waals surface area contributed by atoms with Crippen LogP contribution in [-0.2, 0) is 0 Å². The molecule has 1 aliphatic rings. The van der Waals surface area contributed by atoms with Crippen LogP contribution in [0.25, 0.3) is 0 Å². The van der Waals surface area contributed by atoms with Gasteiger partial charge in [0.15, 0.2) is 0 Å². The molecule has 0 aliphatic heterocycles. The maximum absolute atomic E-state index is 4.68. The molecule has 0 aromatic carbocycles. The van der Waals surface area contributed by atoms with Gasteiger partial charge in [-0.2, -0.15) is 0 Å². The number of aromatic nitrogens is 1. The molecule has 2 rings (SSSR count). The standard InChI is InChI=1S/C11H18N2S/c1-7(2)12-8(3)10-6-14-11(13-10)9-4-5-9/h6-9,12H,4-5H2,1-3H3. The Hall–Kier alpha value is -0.410. The van der Waals surface area contributed by atoms with Crippen molar-refractivity contribution >= 4 is 11.3 Å². The number of hydrogen-bond donors (Lipinski definition) is 1. The quantitative estimate of drug-likeness (QED) is 0.826. The highest BCUT2D eigenvalue weighted by Crippen LogP contribution is 2.41. The van der Waals surface area contributed by atoms with Crippen LogP contribution in [0.15, 0.2) is 5.38 Å². The molecule has 1 aromatic rings. The molecule has 1 aliphatic carbocycles. The summed E-state index contributed by atoms with van der Waals surface area (Å²) in [6.07, 6.45) is 2.69. The second-order valence-corrected chi connectivity index (χ2v) is 5.32. The lowest BCUT2D eigenvalue weighted by Crippen LogP contribution is -2.26. The molecule has 0 radical (unpaired) electrons. The summed E-state index contributed by atoms with van der Waals surface area (Å²) in [5.41, 5.74) is 1.21. The van der Waals surface area contributed by atoms with Gasteiger partial charge in [-0.05, 0) is 19.8 Å². The van der Waals surface area contributed by atoms with Gasteiger partial charge < -0.3 is 5.32 Å². The van der Waals surface area contributed by atoms with Gasteiger partial charge in [-0.3, -0.25) is 0 Å². The van der Waals surface area contributed by atoms with E-state index in [4.69, 9.17) is 0 Å². The molecule has 0 bridgehead atoms. The van der Waals surface area contributed by atoms with Crippen molar-refractivity contribution in [2.45, 2.75) is 51.6 Å². The topological polar surface area (TPSA) is 24.9 Å². The van der Waals surface area contributed by atoms with Gasteiger partial charge >= 0.3 is 0 Å². The highest BCUT2D eigenvalue weighted by atomic mass is 32.1. The zero-order valence-corrected chi connectivity index (χ0v) is 9.90. The maximum atomic E-state index is 4.68. The smallest absolute Gasteiger partial charge is 0.0959 e. The van der Waals surface area contributed by atoms with Gasteiger partial charge in [0, 0.05) is 23.4 Å². The molecular weight excluding hydrogens is 192 g/mol. The first kappa shape index (κ1) is 10.1. The fraction of sp³-hybridized carbons (Fsp3) is 0.727. The van der Waals surface area contributed by atoms with Gasteiger partial charge in [0.2, 0.25) is 0 Å². The molecule has 1 unspecified atom stereocenters. The summed E-state index contributed by atoms with van der Waals surface area (Å²) in [6.45, 7) is 6.53. The molecule has 1 N–H and O–H groups in total. The van der Waals surface area contributed by atoms with Crippen molar-refractivity contribution in [1.29, 1.82) is 0 Å². The second-order valence-electron chi connectivity index (χ2n) is 4.43. The third-order valence-corrected chi connectivity index (χ3v) is 3.52. The van der Waals surface area contributed by atoms with E-state index in [0.29, 0.717) is 12.1 Å². The van der Waals surface area contributed by atoms with Gasteiger partial charge in [-0.15, -0.1) is 11.3 Å². The van der Waals surface area contributed by atoms with Crippen molar-refractivity contribution < 1.29 is 0 Å². The Labute approximate surface area is 89.8 Å². The van der Waals surface area contributed by atoms with Crippen LogP contribution in [0.5, 0.6) is 0 Å². The van der Waals surface area contributed by atoms with Gasteiger partial charge in [-0.25, -0.2) is 4.98 Å². The average Bonchev–Trinajstić information content (AvgIpc) is 2.82. The van der Waals surface area contributed by atoms with E-state index in [2.05, 4.69) is 36.5 Å². The van der Waals surface area contributed by atoms with E-state index in [1.54, 1.807) is 0 Å². The van der Waals surface area contributed by atoms with Crippen molar-refractivity contribution in [2.75, 3.05) is 0 Å². The fourth-order valence-corrected chi connectivity index (χ4v) is 2.69. The van der Waals surface area contributed by atoms with Crippen molar-refractivity contribution in [3.8, 4) is 0 Å². The molecule has 0 saturated heterocycles. The Bertz CT molecular complexity index is 302. The summed E-state index contributed by atoms with van der Waals surface area (Å²) in [5, 5.41) is 7.02. The van der Waals surface area contributed by atoms with Crippen LogP contribution in [0.4, 0.5) is 0 Å². The SMILES string of the molecule is CC(C)NC(C)c1csc(C2CC2)n1. The van der Waals surface area contributed by atoms with Crippen LogP contribution < -0.4 is 5.32 Å². The molecule has 0 amide bonds. The first-order valence-electron chi connectivity index (χ1n) is 5.38. The molecule has 1 aromatic heterocycles. The first-order chi connectivity index (χ1) is 6.66. The monoisotopic (exact) mass is 210 g/mol. The highest BCUT2D eigenvalue weighted by Gasteiger charge is 2.27. The Morgan fingerprint density at radius 1 is 1.43 bits per heavy atom. The zero-order chi connectivity index (χ0) is 10.1. The van der Waals surface area contributed by atoms with E-state index < -0.39 is 0 Å². The molecule has 14 heavy (non-hydrogen) atoms. The second kappa shape index (κ2) is 3.99. The Morgan fingerprint density at radius 2 is 2.14 bits per heavy atom. The van der Waals surface area contributed by atoms with E-state index in [9.17, 15) is 0 Å². The number of nitrogens with one attached hydrogen (secondary N) is 1. The van der Waals surface area contributed by atoms with Gasteiger partial charge in [0.25, 0.3) is 0 Å². The number of thiazole rings is 1. The maximum Gasteiger partial charge on any atom is 0.0959 e. The first-order valence-corrected chi connectivity index (χ1v) is 6.26. The Balaban J connectivity index is 2.00. The van der Waals surface area contributed by atoms with Gasteiger partial charge in [0.05, 0.1) is 10.7 Å². The van der Waals surface area contributed by atoms with Crippen LogP contribution in [0.1, 0.15) is 56.3 Å².